The lowest BCUT2D eigenvalue weighted by Crippen LogP contribution is -3.08. The molecule has 0 aliphatic carbocycles. The molecule has 2 aromatic carbocycles. The molecule has 3 rings (SSSR count). The molecule has 1 heterocycles. The van der Waals surface area contributed by atoms with Crippen LogP contribution in [0.2, 0.25) is 0 Å². The highest BCUT2D eigenvalue weighted by Gasteiger charge is 2.15. The van der Waals surface area contributed by atoms with Gasteiger partial charge in [-0.3, -0.25) is 4.79 Å². The number of nitrogens with one attached hydrogen (secondary N) is 2. The minimum atomic E-state index is -0.0164. The molecule has 3 aromatic rings. The molecule has 2 N–H and O–H groups in total. The van der Waals surface area contributed by atoms with Gasteiger partial charge in [-0.2, -0.15) is 0 Å². The van der Waals surface area contributed by atoms with Crippen molar-refractivity contribution in [1.82, 2.24) is 4.98 Å². The van der Waals surface area contributed by atoms with E-state index in [1.807, 2.05) is 63.4 Å². The zero-order chi connectivity index (χ0) is 17.1. The Morgan fingerprint density at radius 1 is 1.17 bits per heavy atom. The van der Waals surface area contributed by atoms with Gasteiger partial charge in [-0.25, -0.2) is 4.98 Å². The second-order valence-electron chi connectivity index (χ2n) is 6.18. The van der Waals surface area contributed by atoms with Crippen LogP contribution in [0.1, 0.15) is 17.0 Å². The molecule has 24 heavy (non-hydrogen) atoms. The van der Waals surface area contributed by atoms with Crippen LogP contribution in [0.25, 0.3) is 11.1 Å². The third-order valence-corrected chi connectivity index (χ3v) is 4.13. The fraction of sp³-hybridized carbons (Fsp3) is 0.263. The van der Waals surface area contributed by atoms with Gasteiger partial charge in [-0.15, -0.1) is 0 Å². The average molecular weight is 324 g/mol. The van der Waals surface area contributed by atoms with Gasteiger partial charge in [0.15, 0.2) is 18.7 Å². The van der Waals surface area contributed by atoms with Gasteiger partial charge in [0.2, 0.25) is 0 Å². The highest BCUT2D eigenvalue weighted by atomic mass is 16.3. The molecule has 1 unspecified atom stereocenters. The molecule has 0 saturated carbocycles. The first kappa shape index (κ1) is 16.2. The van der Waals surface area contributed by atoms with Crippen molar-refractivity contribution in [3.8, 4) is 0 Å². The second-order valence-corrected chi connectivity index (χ2v) is 6.18. The molecule has 1 amide bonds. The van der Waals surface area contributed by atoms with E-state index in [4.69, 9.17) is 4.42 Å². The maximum Gasteiger partial charge on any atom is 0.279 e. The van der Waals surface area contributed by atoms with E-state index in [2.05, 4.69) is 10.3 Å². The molecule has 0 radical (unpaired) electrons. The number of hydrogen-bond acceptors (Lipinski definition) is 3. The maximum atomic E-state index is 12.3. The Kier molecular flexibility index (Phi) is 4.62. The third-order valence-electron chi connectivity index (χ3n) is 4.13. The number of carbonyl (C=O) groups is 1. The number of nitrogens with zero attached hydrogens (tertiary/aromatic N) is 1. The van der Waals surface area contributed by atoms with Gasteiger partial charge >= 0.3 is 0 Å². The highest BCUT2D eigenvalue weighted by Crippen LogP contribution is 2.17. The van der Waals surface area contributed by atoms with E-state index in [0.717, 1.165) is 27.3 Å². The lowest BCUT2D eigenvalue weighted by Gasteiger charge is -2.13. The normalized spacial score (nSPS) is 12.3. The van der Waals surface area contributed by atoms with Crippen LogP contribution < -0.4 is 10.2 Å². The minimum absolute atomic E-state index is 0.0164. The van der Waals surface area contributed by atoms with E-state index in [0.29, 0.717) is 19.0 Å². The van der Waals surface area contributed by atoms with Gasteiger partial charge in [0.1, 0.15) is 5.52 Å². The number of aromatic nitrogens is 1. The number of oxazole rings is 1. The molecule has 5 nitrogen and oxygen atoms in total. The number of para-hydroxylation sites is 2. The summed E-state index contributed by atoms with van der Waals surface area (Å²) in [5, 5.41) is 2.98. The summed E-state index contributed by atoms with van der Waals surface area (Å²) in [6.45, 7) is 4.97. The monoisotopic (exact) mass is 324 g/mol. The fourth-order valence-corrected chi connectivity index (χ4v) is 2.67. The van der Waals surface area contributed by atoms with E-state index in [1.165, 1.54) is 5.56 Å². The molecule has 0 spiro atoms. The lowest BCUT2D eigenvalue weighted by molar-refractivity contribution is -0.886. The summed E-state index contributed by atoms with van der Waals surface area (Å²) in [5.74, 6) is 0.630. The predicted octanol–water partition coefficient (Wildman–Crippen LogP) is 2.10. The summed E-state index contributed by atoms with van der Waals surface area (Å²) < 4.78 is 5.71. The van der Waals surface area contributed by atoms with Crippen LogP contribution in [-0.2, 0) is 11.3 Å². The lowest BCUT2D eigenvalue weighted by atomic mass is 10.1. The number of amides is 1. The number of carbonyl (C=O) groups excluding carboxylic acids is 1. The van der Waals surface area contributed by atoms with Gasteiger partial charge in [0.05, 0.1) is 7.05 Å². The van der Waals surface area contributed by atoms with Crippen molar-refractivity contribution in [2.24, 2.45) is 0 Å². The van der Waals surface area contributed by atoms with Crippen molar-refractivity contribution < 1.29 is 14.1 Å². The Labute approximate surface area is 141 Å². The smallest absolute Gasteiger partial charge is 0.279 e. The Balaban J connectivity index is 1.60. The molecule has 0 aliphatic rings. The van der Waals surface area contributed by atoms with Crippen LogP contribution in [0.3, 0.4) is 0 Å². The summed E-state index contributed by atoms with van der Waals surface area (Å²) in [7, 11) is 1.96. The Bertz CT molecular complexity index is 837. The Hall–Kier alpha value is -2.66. The number of fused-ring (bicyclic) bond motifs is 1. The van der Waals surface area contributed by atoms with Gasteiger partial charge in [0, 0.05) is 5.69 Å². The third kappa shape index (κ3) is 3.63. The number of benzene rings is 2. The number of likely N-dealkylation sites (N-methyl/N-ethyl adjacent to an activating group) is 1. The summed E-state index contributed by atoms with van der Waals surface area (Å²) in [6.07, 6.45) is 0. The molecule has 0 saturated heterocycles. The van der Waals surface area contributed by atoms with Crippen LogP contribution in [0, 0.1) is 13.8 Å². The van der Waals surface area contributed by atoms with E-state index in [-0.39, 0.29) is 5.91 Å². The largest absolute Gasteiger partial charge is 0.435 e. The number of quaternary nitrogens is 1. The SMILES string of the molecule is Cc1cccc(NC(=O)C[NH+](C)Cc2nc3ccccc3o2)c1C. The van der Waals surface area contributed by atoms with Gasteiger partial charge in [-0.05, 0) is 43.2 Å². The maximum absolute atomic E-state index is 12.3. The number of rotatable bonds is 5. The number of hydrogen-bond donors (Lipinski definition) is 2. The van der Waals surface area contributed by atoms with Crippen molar-refractivity contribution in [3.05, 3.63) is 59.5 Å². The molecule has 0 aliphatic heterocycles. The van der Waals surface area contributed by atoms with Crippen LogP contribution in [-0.4, -0.2) is 24.5 Å². The van der Waals surface area contributed by atoms with Crippen molar-refractivity contribution in [3.63, 3.8) is 0 Å². The highest BCUT2D eigenvalue weighted by molar-refractivity contribution is 5.92. The van der Waals surface area contributed by atoms with E-state index < -0.39 is 0 Å². The average Bonchev–Trinajstić information content (AvgIpc) is 2.93. The van der Waals surface area contributed by atoms with Crippen LogP contribution >= 0.6 is 0 Å². The summed E-state index contributed by atoms with van der Waals surface area (Å²) in [4.78, 5) is 17.7. The molecule has 0 fully saturated rings. The van der Waals surface area contributed by atoms with Gasteiger partial charge in [-0.1, -0.05) is 24.3 Å². The zero-order valence-corrected chi connectivity index (χ0v) is 14.2. The molecule has 1 atom stereocenters. The summed E-state index contributed by atoms with van der Waals surface area (Å²) >= 11 is 0. The fourth-order valence-electron chi connectivity index (χ4n) is 2.67. The Morgan fingerprint density at radius 2 is 1.96 bits per heavy atom. The predicted molar refractivity (Wildman–Crippen MR) is 94.0 cm³/mol. The van der Waals surface area contributed by atoms with Crippen LogP contribution in [0.15, 0.2) is 46.9 Å². The minimum Gasteiger partial charge on any atom is -0.435 e. The molecule has 5 heteroatoms. The molecule has 0 bridgehead atoms. The van der Waals surface area contributed by atoms with Crippen molar-refractivity contribution in [2.45, 2.75) is 20.4 Å². The summed E-state index contributed by atoms with van der Waals surface area (Å²) in [6, 6.07) is 13.6. The number of anilines is 1. The first-order chi connectivity index (χ1) is 11.5. The van der Waals surface area contributed by atoms with E-state index in [1.54, 1.807) is 0 Å². The van der Waals surface area contributed by atoms with E-state index in [9.17, 15) is 4.79 Å². The van der Waals surface area contributed by atoms with Crippen LogP contribution in [0.4, 0.5) is 5.69 Å². The van der Waals surface area contributed by atoms with Crippen LogP contribution in [0.5, 0.6) is 0 Å². The molecule has 1 aromatic heterocycles. The van der Waals surface area contributed by atoms with E-state index >= 15 is 0 Å². The molecular formula is C19H22N3O2+. The zero-order valence-electron chi connectivity index (χ0n) is 14.2. The standard InChI is InChI=1S/C19H21N3O2/c1-13-7-6-9-15(14(13)2)20-18(23)11-22(3)12-19-21-16-8-4-5-10-17(16)24-19/h4-10H,11-12H2,1-3H3,(H,20,23)/p+1. The van der Waals surface area contributed by atoms with Gasteiger partial charge < -0.3 is 14.6 Å². The Morgan fingerprint density at radius 3 is 2.75 bits per heavy atom. The number of aryl methyl sites for hydroxylation is 1. The van der Waals surface area contributed by atoms with Crippen molar-refractivity contribution >= 4 is 22.7 Å². The molecule has 124 valence electrons. The van der Waals surface area contributed by atoms with Crippen molar-refractivity contribution in [1.29, 1.82) is 0 Å². The second kappa shape index (κ2) is 6.84. The first-order valence-electron chi connectivity index (χ1n) is 8.05. The van der Waals surface area contributed by atoms with Gasteiger partial charge in [0.25, 0.3) is 11.8 Å². The topological polar surface area (TPSA) is 59.6 Å². The first-order valence-corrected chi connectivity index (χ1v) is 8.05. The summed E-state index contributed by atoms with van der Waals surface area (Å²) in [5.41, 5.74) is 4.76. The molecular weight excluding hydrogens is 302 g/mol. The quantitative estimate of drug-likeness (QED) is 0.755. The van der Waals surface area contributed by atoms with Crippen molar-refractivity contribution in [2.75, 3.05) is 18.9 Å².